The van der Waals surface area contributed by atoms with Crippen molar-refractivity contribution in [3.8, 4) is 11.1 Å². The molecule has 1 fully saturated rings. The van der Waals surface area contributed by atoms with E-state index in [0.717, 1.165) is 22.3 Å². The largest absolute Gasteiger partial charge is 0.480 e. The maximum absolute atomic E-state index is 13.8. The minimum atomic E-state index is -1.09. The number of ether oxygens (including phenoxy) is 2. The van der Waals surface area contributed by atoms with Gasteiger partial charge in [0.25, 0.3) is 0 Å². The van der Waals surface area contributed by atoms with E-state index in [1.54, 1.807) is 20.8 Å². The van der Waals surface area contributed by atoms with Gasteiger partial charge in [0.2, 0.25) is 11.8 Å². The first kappa shape index (κ1) is 37.2. The van der Waals surface area contributed by atoms with E-state index in [0.29, 0.717) is 38.6 Å². The zero-order valence-corrected chi connectivity index (χ0v) is 29.1. The van der Waals surface area contributed by atoms with Crippen LogP contribution < -0.4 is 16.0 Å². The number of carboxylic acids is 1. The number of fused-ring (bicyclic) bond motifs is 3. The molecule has 2 aliphatic rings. The lowest BCUT2D eigenvalue weighted by atomic mass is 9.97. The van der Waals surface area contributed by atoms with E-state index in [-0.39, 0.29) is 31.4 Å². The van der Waals surface area contributed by atoms with Gasteiger partial charge in [-0.15, -0.1) is 0 Å². The first-order valence-corrected chi connectivity index (χ1v) is 17.2. The Morgan fingerprint density at radius 1 is 0.939 bits per heavy atom. The molecule has 0 spiro atoms. The van der Waals surface area contributed by atoms with Crippen molar-refractivity contribution >= 4 is 30.0 Å². The fourth-order valence-electron chi connectivity index (χ4n) is 6.45. The molecule has 266 valence electrons. The maximum Gasteiger partial charge on any atom is 0.407 e. The molecule has 49 heavy (non-hydrogen) atoms. The fraction of sp³-hybridized carbons (Fsp3) is 0.541. The number of carbonyl (C=O) groups is 5. The molecule has 4 rings (SSSR count). The van der Waals surface area contributed by atoms with Gasteiger partial charge in [-0.1, -0.05) is 68.8 Å². The first-order valence-electron chi connectivity index (χ1n) is 17.2. The Bertz CT molecular complexity index is 1460. The normalized spacial score (nSPS) is 17.2. The van der Waals surface area contributed by atoms with E-state index in [1.807, 2.05) is 62.4 Å². The summed E-state index contributed by atoms with van der Waals surface area (Å²) in [5, 5.41) is 17.9. The summed E-state index contributed by atoms with van der Waals surface area (Å²) in [5.41, 5.74) is 3.70. The molecule has 0 radical (unpaired) electrons. The molecule has 0 saturated carbocycles. The van der Waals surface area contributed by atoms with Gasteiger partial charge in [0.1, 0.15) is 30.3 Å². The summed E-state index contributed by atoms with van der Waals surface area (Å²) >= 11 is 0. The van der Waals surface area contributed by atoms with Crippen LogP contribution in [0.1, 0.15) is 90.2 Å². The number of carbonyl (C=O) groups excluding carboxylic acids is 4. The van der Waals surface area contributed by atoms with E-state index in [2.05, 4.69) is 16.0 Å². The van der Waals surface area contributed by atoms with E-state index in [4.69, 9.17) is 9.47 Å². The highest BCUT2D eigenvalue weighted by molar-refractivity contribution is 5.93. The van der Waals surface area contributed by atoms with Crippen molar-refractivity contribution in [2.24, 2.45) is 5.92 Å². The lowest BCUT2D eigenvalue weighted by Gasteiger charge is -2.30. The number of benzene rings is 2. The van der Waals surface area contributed by atoms with Crippen molar-refractivity contribution in [3.63, 3.8) is 0 Å². The smallest absolute Gasteiger partial charge is 0.407 e. The predicted molar refractivity (Wildman–Crippen MR) is 184 cm³/mol. The van der Waals surface area contributed by atoms with Crippen LogP contribution in [0.25, 0.3) is 11.1 Å². The number of likely N-dealkylation sites (tertiary alicyclic amines) is 1. The van der Waals surface area contributed by atoms with Crippen LogP contribution in [0, 0.1) is 5.92 Å². The van der Waals surface area contributed by atoms with Crippen LogP contribution in [0.4, 0.5) is 9.59 Å². The maximum atomic E-state index is 13.8. The van der Waals surface area contributed by atoms with Gasteiger partial charge >= 0.3 is 18.2 Å². The Balaban J connectivity index is 1.41. The van der Waals surface area contributed by atoms with Gasteiger partial charge in [-0.2, -0.15) is 0 Å². The van der Waals surface area contributed by atoms with Crippen molar-refractivity contribution in [2.75, 3.05) is 19.7 Å². The monoisotopic (exact) mass is 678 g/mol. The zero-order chi connectivity index (χ0) is 35.7. The van der Waals surface area contributed by atoms with Gasteiger partial charge in [-0.05, 0) is 81.0 Å². The van der Waals surface area contributed by atoms with Crippen LogP contribution >= 0.6 is 0 Å². The average Bonchev–Trinajstić information content (AvgIpc) is 3.68. The second-order valence-corrected chi connectivity index (χ2v) is 13.8. The lowest BCUT2D eigenvalue weighted by Crippen LogP contribution is -2.57. The van der Waals surface area contributed by atoms with Gasteiger partial charge in [0, 0.05) is 19.0 Å². The van der Waals surface area contributed by atoms with Crippen LogP contribution in [0.2, 0.25) is 0 Å². The highest BCUT2D eigenvalue weighted by atomic mass is 16.6. The summed E-state index contributed by atoms with van der Waals surface area (Å²) in [4.78, 5) is 65.9. The van der Waals surface area contributed by atoms with Crippen molar-refractivity contribution in [2.45, 2.75) is 103 Å². The van der Waals surface area contributed by atoms with Gasteiger partial charge in [-0.3, -0.25) is 9.59 Å². The lowest BCUT2D eigenvalue weighted by molar-refractivity contribution is -0.149. The van der Waals surface area contributed by atoms with E-state index >= 15 is 0 Å². The molecule has 1 aliphatic carbocycles. The summed E-state index contributed by atoms with van der Waals surface area (Å²) in [6, 6.07) is 13.0. The zero-order valence-electron chi connectivity index (χ0n) is 29.1. The van der Waals surface area contributed by atoms with Gasteiger partial charge in [0.15, 0.2) is 0 Å². The molecule has 2 aromatic rings. The molecule has 1 heterocycles. The predicted octanol–water partition coefficient (Wildman–Crippen LogP) is 5.20. The van der Waals surface area contributed by atoms with Crippen molar-refractivity contribution in [1.29, 1.82) is 0 Å². The van der Waals surface area contributed by atoms with Crippen LogP contribution in [0.15, 0.2) is 48.5 Å². The number of nitrogens with zero attached hydrogens (tertiary/aromatic N) is 1. The molecule has 12 nitrogen and oxygen atoms in total. The molecule has 0 aromatic heterocycles. The third kappa shape index (κ3) is 9.73. The molecule has 4 amide bonds. The molecular weight excluding hydrogens is 628 g/mol. The number of hydrogen-bond donors (Lipinski definition) is 4. The second-order valence-electron chi connectivity index (χ2n) is 13.8. The van der Waals surface area contributed by atoms with Gasteiger partial charge < -0.3 is 35.4 Å². The summed E-state index contributed by atoms with van der Waals surface area (Å²) in [5.74, 6) is -2.58. The van der Waals surface area contributed by atoms with Crippen molar-refractivity contribution in [1.82, 2.24) is 20.9 Å². The molecule has 1 aliphatic heterocycles. The second kappa shape index (κ2) is 16.7. The topological polar surface area (TPSA) is 163 Å². The molecule has 0 bridgehead atoms. The molecular formula is C37H50N4O8. The third-order valence-corrected chi connectivity index (χ3v) is 9.14. The number of rotatable bonds is 14. The summed E-state index contributed by atoms with van der Waals surface area (Å²) in [7, 11) is 0. The first-order chi connectivity index (χ1) is 23.3. The molecule has 1 saturated heterocycles. The van der Waals surface area contributed by atoms with Gasteiger partial charge in [-0.25, -0.2) is 14.4 Å². The number of amides is 4. The molecule has 0 unspecified atom stereocenters. The number of hydrogen-bond acceptors (Lipinski definition) is 7. The summed E-state index contributed by atoms with van der Waals surface area (Å²) in [6.07, 6.45) is 1.29. The Hall–Kier alpha value is -4.61. The summed E-state index contributed by atoms with van der Waals surface area (Å²) < 4.78 is 11.0. The molecule has 4 atom stereocenters. The van der Waals surface area contributed by atoms with Crippen LogP contribution in [-0.2, 0) is 23.9 Å². The van der Waals surface area contributed by atoms with E-state index in [9.17, 15) is 29.1 Å². The van der Waals surface area contributed by atoms with Gasteiger partial charge in [0.05, 0.1) is 0 Å². The number of carboxylic acid groups (broad SMARTS) is 1. The Labute approximate surface area is 288 Å². The van der Waals surface area contributed by atoms with Crippen LogP contribution in [-0.4, -0.2) is 83.4 Å². The molecule has 2 aromatic carbocycles. The Morgan fingerprint density at radius 3 is 2.16 bits per heavy atom. The quantitative estimate of drug-likeness (QED) is 0.198. The Morgan fingerprint density at radius 2 is 1.57 bits per heavy atom. The SMILES string of the molecule is CC[C@H](C)[C@H](NC(=O)OCC1c2ccccc2-c2ccccc21)C(=O)N[C@@H](CCCCNC(=O)OC(C)(C)C)C(=O)N1CCC[C@H]1C(=O)O. The summed E-state index contributed by atoms with van der Waals surface area (Å²) in [6.45, 7) is 9.67. The highest BCUT2D eigenvalue weighted by Crippen LogP contribution is 2.44. The molecule has 12 heteroatoms. The minimum absolute atomic E-state index is 0.0820. The number of nitrogens with one attached hydrogen (secondary N) is 3. The van der Waals surface area contributed by atoms with E-state index < -0.39 is 53.7 Å². The van der Waals surface area contributed by atoms with Crippen LogP contribution in [0.3, 0.4) is 0 Å². The molecule has 4 N–H and O–H groups in total. The van der Waals surface area contributed by atoms with Crippen LogP contribution in [0.5, 0.6) is 0 Å². The number of unbranched alkanes of at least 4 members (excludes halogenated alkanes) is 1. The standard InChI is InChI=1S/C37H50N4O8/c1-6-23(2)31(40-36(47)48-22-28-26-16-9-7-14-24(26)25-15-8-10-17-27(25)28)32(42)39-29(33(43)41-21-13-19-30(41)34(44)45)18-11-12-20-38-35(46)49-37(3,4)5/h7-10,14-17,23,28-31H,6,11-13,18-22H2,1-5H3,(H,38,46)(H,39,42)(H,40,47)(H,44,45)/t23-,29-,30-,31-/m0/s1. The number of aliphatic carboxylic acids is 1. The Kier molecular flexibility index (Phi) is 12.7. The number of alkyl carbamates (subject to hydrolysis) is 2. The third-order valence-electron chi connectivity index (χ3n) is 9.14. The van der Waals surface area contributed by atoms with Crippen molar-refractivity contribution in [3.05, 3.63) is 59.7 Å². The minimum Gasteiger partial charge on any atom is -0.480 e. The van der Waals surface area contributed by atoms with E-state index in [1.165, 1.54) is 4.90 Å². The highest BCUT2D eigenvalue weighted by Gasteiger charge is 2.39. The average molecular weight is 679 g/mol. The fourth-order valence-corrected chi connectivity index (χ4v) is 6.45. The van der Waals surface area contributed by atoms with Crippen molar-refractivity contribution < 1.29 is 38.6 Å².